The molecule has 266 valence electrons. The highest BCUT2D eigenvalue weighted by Crippen LogP contribution is 2.39. The van der Waals surface area contributed by atoms with Gasteiger partial charge in [0.1, 0.15) is 23.9 Å². The number of rotatable bonds is 12. The van der Waals surface area contributed by atoms with Gasteiger partial charge in [0.25, 0.3) is 5.91 Å². The van der Waals surface area contributed by atoms with E-state index in [0.29, 0.717) is 27.6 Å². The van der Waals surface area contributed by atoms with Crippen LogP contribution in [0.15, 0.2) is 66.0 Å². The molecule has 1 aliphatic rings. The van der Waals surface area contributed by atoms with Crippen LogP contribution in [0, 0.1) is 19.7 Å². The van der Waals surface area contributed by atoms with Crippen molar-refractivity contribution < 1.29 is 33.0 Å². The molecule has 2 heterocycles. The highest BCUT2D eigenvalue weighted by Gasteiger charge is 2.40. The molecule has 0 aliphatic carbocycles. The van der Waals surface area contributed by atoms with Crippen molar-refractivity contribution in [1.29, 1.82) is 0 Å². The smallest absolute Gasteiger partial charge is 0.310 e. The van der Waals surface area contributed by atoms with Crippen LogP contribution in [0.5, 0.6) is 5.75 Å². The molecule has 2 atom stereocenters. The number of halogens is 2. The highest BCUT2D eigenvalue weighted by molar-refractivity contribution is 6.30. The lowest BCUT2D eigenvalue weighted by Gasteiger charge is -2.30. The molecule has 0 saturated heterocycles. The molecule has 0 bridgehead atoms. The first-order chi connectivity index (χ1) is 24.3. The van der Waals surface area contributed by atoms with Crippen LogP contribution in [-0.4, -0.2) is 61.2 Å². The van der Waals surface area contributed by atoms with Crippen molar-refractivity contribution in [3.8, 4) is 11.4 Å². The molecule has 3 aromatic carbocycles. The molecule has 0 fully saturated rings. The number of benzene rings is 3. The largest absolute Gasteiger partial charge is 0.447 e. The quantitative estimate of drug-likeness (QED) is 0.153. The Hall–Kier alpha value is -5.50. The number of carbonyl (C=O) groups excluding carboxylic acids is 4. The van der Waals surface area contributed by atoms with E-state index < -0.39 is 47.1 Å². The van der Waals surface area contributed by atoms with Crippen LogP contribution in [0.4, 0.5) is 4.39 Å². The van der Waals surface area contributed by atoms with Gasteiger partial charge in [0.05, 0.1) is 12.1 Å². The zero-order valence-corrected chi connectivity index (χ0v) is 29.5. The number of hydrazone groups is 1. The Labute approximate surface area is 298 Å². The topological polar surface area (TPSA) is 158 Å². The molecule has 1 aliphatic heterocycles. The minimum atomic E-state index is -1.56. The predicted molar refractivity (Wildman–Crippen MR) is 184 cm³/mol. The van der Waals surface area contributed by atoms with Crippen molar-refractivity contribution in [3.63, 3.8) is 0 Å². The van der Waals surface area contributed by atoms with E-state index >= 15 is 0 Å². The third-order valence-electron chi connectivity index (χ3n) is 8.31. The normalized spacial score (nSPS) is 14.6. The van der Waals surface area contributed by atoms with E-state index in [4.69, 9.17) is 21.1 Å². The summed E-state index contributed by atoms with van der Waals surface area (Å²) in [5, 5.41) is 19.6. The second-order valence-electron chi connectivity index (χ2n) is 12.7. The van der Waals surface area contributed by atoms with Crippen LogP contribution in [0.2, 0.25) is 5.02 Å². The standard InChI is InChI=1S/C36H37ClFN7O6/c1-6-30(46)50-29-16-21(2)15-22(3)32(29)36(4,5)18-31(47)51-33(23-7-10-26(38)11-8-23)35(49)45-28(13-14-41-45)34(48)39-19-24-17-25(37)9-12-27(24)44-20-40-42-43-44/h7-12,14-17,20,28,33H,6,13,18-19H2,1-5H3,(H,39,48)/t28-,33+/m0/s1. The van der Waals surface area contributed by atoms with Crippen molar-refractivity contribution in [2.45, 2.75) is 78.0 Å². The predicted octanol–water partition coefficient (Wildman–Crippen LogP) is 5.24. The average Bonchev–Trinajstić information content (AvgIpc) is 3.79. The molecule has 1 aromatic heterocycles. The Morgan fingerprint density at radius 3 is 2.49 bits per heavy atom. The molecule has 0 saturated carbocycles. The number of ether oxygens (including phenoxy) is 2. The molecule has 51 heavy (non-hydrogen) atoms. The Balaban J connectivity index is 1.36. The van der Waals surface area contributed by atoms with Crippen molar-refractivity contribution in [2.24, 2.45) is 5.10 Å². The maximum absolute atomic E-state index is 14.1. The number of aromatic nitrogens is 4. The molecule has 1 N–H and O–H groups in total. The number of nitrogens with zero attached hydrogens (tertiary/aromatic N) is 6. The lowest BCUT2D eigenvalue weighted by Crippen LogP contribution is -2.46. The molecule has 0 spiro atoms. The van der Waals surface area contributed by atoms with Crippen molar-refractivity contribution in [2.75, 3.05) is 0 Å². The fourth-order valence-corrected chi connectivity index (χ4v) is 6.24. The van der Waals surface area contributed by atoms with E-state index in [2.05, 4.69) is 25.9 Å². The second kappa shape index (κ2) is 15.6. The van der Waals surface area contributed by atoms with Crippen molar-refractivity contribution in [1.82, 2.24) is 30.5 Å². The van der Waals surface area contributed by atoms with Gasteiger partial charge >= 0.3 is 11.9 Å². The van der Waals surface area contributed by atoms with Crippen LogP contribution in [-0.2, 0) is 35.9 Å². The van der Waals surface area contributed by atoms with Gasteiger partial charge in [-0.15, -0.1) is 5.10 Å². The number of hydrogen-bond acceptors (Lipinski definition) is 10. The van der Waals surface area contributed by atoms with Crippen molar-refractivity contribution in [3.05, 3.63) is 99.6 Å². The van der Waals surface area contributed by atoms with E-state index in [1.54, 1.807) is 45.0 Å². The van der Waals surface area contributed by atoms with Crippen LogP contribution in [0.3, 0.4) is 0 Å². The van der Waals surface area contributed by atoms with Gasteiger partial charge in [-0.2, -0.15) is 5.10 Å². The van der Waals surface area contributed by atoms with E-state index in [9.17, 15) is 23.6 Å². The SMILES string of the molecule is CCC(=O)Oc1cc(C)cc(C)c1C(C)(C)CC(=O)O[C@@H](C(=O)N1N=CC[C@H]1C(=O)NCc1cc(Cl)ccc1-n1cnnn1)c1ccc(F)cc1. The summed E-state index contributed by atoms with van der Waals surface area (Å²) in [4.78, 5) is 53.6. The van der Waals surface area contributed by atoms with Crippen LogP contribution >= 0.6 is 11.6 Å². The Bertz CT molecular complexity index is 1970. The summed E-state index contributed by atoms with van der Waals surface area (Å²) in [5.74, 6) is -2.73. The Morgan fingerprint density at radius 1 is 1.06 bits per heavy atom. The van der Waals surface area contributed by atoms with Gasteiger partial charge in [-0.25, -0.2) is 14.1 Å². The molecule has 15 heteroatoms. The minimum Gasteiger partial charge on any atom is -0.447 e. The number of tetrazole rings is 1. The number of amides is 2. The van der Waals surface area contributed by atoms with E-state index in [1.807, 2.05) is 19.9 Å². The lowest BCUT2D eigenvalue weighted by molar-refractivity contribution is -0.163. The molecule has 0 unspecified atom stereocenters. The fraction of sp³-hybridized carbons (Fsp3) is 0.333. The third kappa shape index (κ3) is 8.63. The Morgan fingerprint density at radius 2 is 1.80 bits per heavy atom. The van der Waals surface area contributed by atoms with E-state index in [-0.39, 0.29) is 31.4 Å². The maximum Gasteiger partial charge on any atom is 0.310 e. The molecule has 13 nitrogen and oxygen atoms in total. The maximum atomic E-state index is 14.1. The van der Waals surface area contributed by atoms with Gasteiger partial charge in [-0.05, 0) is 77.4 Å². The molecular formula is C36H37ClFN7O6. The minimum absolute atomic E-state index is 0.0204. The highest BCUT2D eigenvalue weighted by atomic mass is 35.5. The first-order valence-electron chi connectivity index (χ1n) is 16.2. The van der Waals surface area contributed by atoms with Gasteiger partial charge in [-0.1, -0.05) is 50.6 Å². The molecule has 4 aromatic rings. The zero-order valence-electron chi connectivity index (χ0n) is 28.7. The van der Waals surface area contributed by atoms with E-state index in [1.165, 1.54) is 29.4 Å². The van der Waals surface area contributed by atoms with Gasteiger partial charge in [0, 0.05) is 47.2 Å². The lowest BCUT2D eigenvalue weighted by atomic mass is 9.78. The molecular weight excluding hydrogens is 681 g/mol. The molecule has 0 radical (unpaired) electrons. The first-order valence-corrected chi connectivity index (χ1v) is 16.6. The number of hydrogen-bond donors (Lipinski definition) is 1. The summed E-state index contributed by atoms with van der Waals surface area (Å²) in [6, 6.07) is 12.6. The van der Waals surface area contributed by atoms with Crippen LogP contribution in [0.1, 0.15) is 74.0 Å². The fourth-order valence-electron chi connectivity index (χ4n) is 6.05. The van der Waals surface area contributed by atoms with Gasteiger partial charge < -0.3 is 14.8 Å². The summed E-state index contributed by atoms with van der Waals surface area (Å²) < 4.78 is 26.9. The van der Waals surface area contributed by atoms with Gasteiger partial charge in [0.2, 0.25) is 12.0 Å². The monoisotopic (exact) mass is 717 g/mol. The second-order valence-corrected chi connectivity index (χ2v) is 13.2. The van der Waals surface area contributed by atoms with Crippen molar-refractivity contribution >= 4 is 41.6 Å². The zero-order chi connectivity index (χ0) is 36.9. The van der Waals surface area contributed by atoms with Gasteiger partial charge in [0.15, 0.2) is 0 Å². The first kappa shape index (κ1) is 36.8. The summed E-state index contributed by atoms with van der Waals surface area (Å²) in [6.07, 6.45) is 1.30. The number of aryl methyl sites for hydroxylation is 2. The Kier molecular flexibility index (Phi) is 11.2. The summed E-state index contributed by atoms with van der Waals surface area (Å²) in [5.41, 5.74) is 2.79. The number of esters is 2. The average molecular weight is 718 g/mol. The number of carbonyl (C=O) groups is 4. The summed E-state index contributed by atoms with van der Waals surface area (Å²) in [6.45, 7) is 9.05. The molecule has 5 rings (SSSR count). The van der Waals surface area contributed by atoms with Crippen LogP contribution < -0.4 is 10.1 Å². The summed E-state index contributed by atoms with van der Waals surface area (Å²) >= 11 is 6.22. The number of nitrogens with one attached hydrogen (secondary N) is 1. The summed E-state index contributed by atoms with van der Waals surface area (Å²) in [7, 11) is 0. The van der Waals surface area contributed by atoms with Crippen LogP contribution in [0.25, 0.3) is 5.69 Å². The van der Waals surface area contributed by atoms with E-state index in [0.717, 1.165) is 28.3 Å². The molecule has 2 amide bonds. The van der Waals surface area contributed by atoms with Gasteiger partial charge in [-0.3, -0.25) is 19.2 Å². The third-order valence-corrected chi connectivity index (χ3v) is 8.55.